The third kappa shape index (κ3) is 3.75. The number of ether oxygens (including phenoxy) is 1. The molecule has 1 N–H and O–H groups in total. The van der Waals surface area contributed by atoms with Crippen molar-refractivity contribution in [2.24, 2.45) is 0 Å². The topological polar surface area (TPSA) is 55.4 Å². The molecule has 0 atom stereocenters. The fourth-order valence-electron chi connectivity index (χ4n) is 2.10. The zero-order valence-electron chi connectivity index (χ0n) is 12.8. The average Bonchev–Trinajstić information content (AvgIpc) is 2.53. The maximum absolute atomic E-state index is 12.5. The summed E-state index contributed by atoms with van der Waals surface area (Å²) in [7, 11) is -2.03. The highest BCUT2D eigenvalue weighted by molar-refractivity contribution is 7.98. The lowest BCUT2D eigenvalue weighted by Crippen LogP contribution is -2.13. The van der Waals surface area contributed by atoms with E-state index >= 15 is 0 Å². The minimum atomic E-state index is -3.61. The Morgan fingerprint density at radius 2 is 1.95 bits per heavy atom. The molecule has 0 unspecified atom stereocenters. The van der Waals surface area contributed by atoms with Crippen LogP contribution in [0.1, 0.15) is 12.5 Å². The third-order valence-corrected chi connectivity index (χ3v) is 5.37. The van der Waals surface area contributed by atoms with Crippen molar-refractivity contribution < 1.29 is 13.2 Å². The molecule has 0 amide bonds. The van der Waals surface area contributed by atoms with E-state index in [0.717, 1.165) is 10.5 Å². The first-order chi connectivity index (χ1) is 10.5. The predicted molar refractivity (Wildman–Crippen MR) is 91.4 cm³/mol. The van der Waals surface area contributed by atoms with Gasteiger partial charge in [-0.1, -0.05) is 13.0 Å². The normalized spacial score (nSPS) is 11.2. The van der Waals surface area contributed by atoms with Crippen LogP contribution in [-0.2, 0) is 16.4 Å². The quantitative estimate of drug-likeness (QED) is 0.815. The van der Waals surface area contributed by atoms with Gasteiger partial charge in [-0.15, -0.1) is 11.8 Å². The molecule has 0 saturated heterocycles. The smallest absolute Gasteiger partial charge is 0.261 e. The highest BCUT2D eigenvalue weighted by Crippen LogP contribution is 2.25. The van der Waals surface area contributed by atoms with E-state index in [1.54, 1.807) is 43.1 Å². The summed E-state index contributed by atoms with van der Waals surface area (Å²) in [6, 6.07) is 12.2. The number of aryl methyl sites for hydroxylation is 1. The molecule has 0 saturated carbocycles. The van der Waals surface area contributed by atoms with Crippen LogP contribution in [0.5, 0.6) is 5.75 Å². The predicted octanol–water partition coefficient (Wildman–Crippen LogP) is 3.78. The number of hydrogen-bond donors (Lipinski definition) is 1. The van der Waals surface area contributed by atoms with Crippen LogP contribution in [0.2, 0.25) is 0 Å². The van der Waals surface area contributed by atoms with Gasteiger partial charge in [0.15, 0.2) is 0 Å². The molecule has 0 aliphatic rings. The highest BCUT2D eigenvalue weighted by atomic mass is 32.2. The van der Waals surface area contributed by atoms with Gasteiger partial charge < -0.3 is 4.74 Å². The minimum Gasteiger partial charge on any atom is -0.496 e. The molecule has 0 spiro atoms. The summed E-state index contributed by atoms with van der Waals surface area (Å²) in [5.74, 6) is 0.700. The summed E-state index contributed by atoms with van der Waals surface area (Å²) in [6.45, 7) is 1.96. The molecule has 118 valence electrons. The van der Waals surface area contributed by atoms with Crippen LogP contribution < -0.4 is 9.46 Å². The molecule has 0 radical (unpaired) electrons. The summed E-state index contributed by atoms with van der Waals surface area (Å²) in [5.41, 5.74) is 1.42. The molecular formula is C16H19NO3S2. The molecule has 0 aromatic heterocycles. The molecular weight excluding hydrogens is 318 g/mol. The number of thioether (sulfide) groups is 1. The summed E-state index contributed by atoms with van der Waals surface area (Å²) in [5, 5.41) is 0. The first kappa shape index (κ1) is 16.7. The zero-order chi connectivity index (χ0) is 16.2. The van der Waals surface area contributed by atoms with Crippen molar-refractivity contribution in [3.63, 3.8) is 0 Å². The molecule has 0 bridgehead atoms. The molecule has 22 heavy (non-hydrogen) atoms. The Bertz CT molecular complexity index is 758. The lowest BCUT2D eigenvalue weighted by atomic mass is 10.1. The maximum atomic E-state index is 12.5. The summed E-state index contributed by atoms with van der Waals surface area (Å²) in [6.07, 6.45) is 2.65. The van der Waals surface area contributed by atoms with Gasteiger partial charge in [0, 0.05) is 10.6 Å². The summed E-state index contributed by atoms with van der Waals surface area (Å²) >= 11 is 1.56. The van der Waals surface area contributed by atoms with E-state index in [2.05, 4.69) is 4.72 Å². The molecule has 2 aromatic carbocycles. The Hall–Kier alpha value is -1.66. The number of hydrogen-bond acceptors (Lipinski definition) is 4. The molecule has 0 heterocycles. The van der Waals surface area contributed by atoms with Crippen molar-refractivity contribution in [1.29, 1.82) is 0 Å². The Balaban J connectivity index is 2.33. The first-order valence-electron chi connectivity index (χ1n) is 6.84. The van der Waals surface area contributed by atoms with Gasteiger partial charge in [0.25, 0.3) is 10.0 Å². The van der Waals surface area contributed by atoms with E-state index in [1.807, 2.05) is 31.4 Å². The fourth-order valence-corrected chi connectivity index (χ4v) is 3.66. The van der Waals surface area contributed by atoms with E-state index in [4.69, 9.17) is 4.74 Å². The minimum absolute atomic E-state index is 0.236. The number of sulfonamides is 1. The van der Waals surface area contributed by atoms with Gasteiger partial charge >= 0.3 is 0 Å². The van der Waals surface area contributed by atoms with Crippen LogP contribution in [-0.4, -0.2) is 21.8 Å². The summed E-state index contributed by atoms with van der Waals surface area (Å²) in [4.78, 5) is 1.24. The third-order valence-electron chi connectivity index (χ3n) is 3.27. The average molecular weight is 337 g/mol. The second kappa shape index (κ2) is 7.07. The van der Waals surface area contributed by atoms with Gasteiger partial charge in [0.05, 0.1) is 12.0 Å². The van der Waals surface area contributed by atoms with Crippen LogP contribution in [0.15, 0.2) is 52.3 Å². The van der Waals surface area contributed by atoms with E-state index in [1.165, 1.54) is 0 Å². The van der Waals surface area contributed by atoms with Gasteiger partial charge in [0.1, 0.15) is 5.75 Å². The van der Waals surface area contributed by atoms with E-state index in [-0.39, 0.29) is 4.90 Å². The van der Waals surface area contributed by atoms with Gasteiger partial charge in [-0.2, -0.15) is 0 Å². The van der Waals surface area contributed by atoms with Crippen molar-refractivity contribution in [2.45, 2.75) is 23.1 Å². The molecule has 2 aromatic rings. The van der Waals surface area contributed by atoms with E-state index in [0.29, 0.717) is 17.9 Å². The van der Waals surface area contributed by atoms with E-state index in [9.17, 15) is 8.42 Å². The Morgan fingerprint density at radius 3 is 2.59 bits per heavy atom. The second-order valence-electron chi connectivity index (χ2n) is 4.66. The lowest BCUT2D eigenvalue weighted by molar-refractivity contribution is 0.409. The van der Waals surface area contributed by atoms with Crippen molar-refractivity contribution >= 4 is 27.5 Å². The number of rotatable bonds is 6. The van der Waals surface area contributed by atoms with Gasteiger partial charge in [-0.25, -0.2) is 8.42 Å². The zero-order valence-corrected chi connectivity index (χ0v) is 14.4. The van der Waals surface area contributed by atoms with Crippen LogP contribution in [0, 0.1) is 0 Å². The van der Waals surface area contributed by atoms with Gasteiger partial charge in [-0.3, -0.25) is 4.72 Å². The number of anilines is 1. The van der Waals surface area contributed by atoms with Gasteiger partial charge in [-0.05, 0) is 54.6 Å². The largest absolute Gasteiger partial charge is 0.496 e. The monoisotopic (exact) mass is 337 g/mol. The van der Waals surface area contributed by atoms with Crippen LogP contribution in [0.4, 0.5) is 5.69 Å². The standard InChI is InChI=1S/C16H19NO3S2/c1-4-12-10-15(8-9-16(12)20-2)22(18,19)17-13-6-5-7-14(11-13)21-3/h5-11,17H,4H2,1-3H3. The second-order valence-corrected chi connectivity index (χ2v) is 7.23. The van der Waals surface area contributed by atoms with Crippen molar-refractivity contribution in [3.05, 3.63) is 48.0 Å². The molecule has 0 fully saturated rings. The summed E-state index contributed by atoms with van der Waals surface area (Å²) < 4.78 is 32.9. The molecule has 0 aliphatic carbocycles. The molecule has 4 nitrogen and oxygen atoms in total. The van der Waals surface area contributed by atoms with Crippen LogP contribution in [0.3, 0.4) is 0 Å². The fraction of sp³-hybridized carbons (Fsp3) is 0.250. The van der Waals surface area contributed by atoms with Crippen molar-refractivity contribution in [2.75, 3.05) is 18.1 Å². The highest BCUT2D eigenvalue weighted by Gasteiger charge is 2.16. The Kier molecular flexibility index (Phi) is 5.37. The van der Waals surface area contributed by atoms with Crippen LogP contribution in [0.25, 0.3) is 0 Å². The maximum Gasteiger partial charge on any atom is 0.261 e. The van der Waals surface area contributed by atoms with Crippen molar-refractivity contribution in [3.8, 4) is 5.75 Å². The van der Waals surface area contributed by atoms with E-state index < -0.39 is 10.0 Å². The molecule has 6 heteroatoms. The number of methoxy groups -OCH3 is 1. The SMILES string of the molecule is CCc1cc(S(=O)(=O)Nc2cccc(SC)c2)ccc1OC. The number of nitrogens with one attached hydrogen (secondary N) is 1. The molecule has 2 rings (SSSR count). The first-order valence-corrected chi connectivity index (χ1v) is 9.54. The molecule has 0 aliphatic heterocycles. The Labute approximate surface area is 135 Å². The lowest BCUT2D eigenvalue weighted by Gasteiger charge is -2.12. The number of benzene rings is 2. The van der Waals surface area contributed by atoms with Crippen molar-refractivity contribution in [1.82, 2.24) is 0 Å². The Morgan fingerprint density at radius 1 is 1.18 bits per heavy atom. The van der Waals surface area contributed by atoms with Crippen LogP contribution >= 0.6 is 11.8 Å². The van der Waals surface area contributed by atoms with Gasteiger partial charge in [0.2, 0.25) is 0 Å².